The summed E-state index contributed by atoms with van der Waals surface area (Å²) in [5.41, 5.74) is 0.819. The normalized spacial score (nSPS) is 25.2. The molecule has 11 nitrogen and oxygen atoms in total. The molecule has 0 aromatic heterocycles. The van der Waals surface area contributed by atoms with Gasteiger partial charge >= 0.3 is 0 Å². The highest BCUT2D eigenvalue weighted by atomic mass is 127. The molecule has 0 bridgehead atoms. The minimum Gasteiger partial charge on any atom is -0.394 e. The lowest BCUT2D eigenvalue weighted by molar-refractivity contribution is -0.252. The van der Waals surface area contributed by atoms with E-state index in [4.69, 9.17) is 4.74 Å². The highest BCUT2D eigenvalue weighted by Gasteiger charge is 2.44. The van der Waals surface area contributed by atoms with Crippen LogP contribution >= 0.6 is 67.8 Å². The smallest absolute Gasteiger partial charge is 0.254 e. The zero-order valence-electron chi connectivity index (χ0n) is 17.1. The number of benzene rings is 1. The van der Waals surface area contributed by atoms with Gasteiger partial charge in [-0.3, -0.25) is 14.4 Å². The maximum Gasteiger partial charge on any atom is 0.254 e. The number of hydrogen-bond acceptors (Lipinski definition) is 8. The molecule has 1 fully saturated rings. The van der Waals surface area contributed by atoms with Crippen LogP contribution in [0, 0.1) is 10.7 Å². The highest BCUT2D eigenvalue weighted by Crippen LogP contribution is 2.40. The van der Waals surface area contributed by atoms with E-state index in [0.717, 1.165) is 0 Å². The number of hydrogen-bond donors (Lipinski definition) is 6. The summed E-state index contributed by atoms with van der Waals surface area (Å²) in [4.78, 5) is 38.4. The van der Waals surface area contributed by atoms with Crippen molar-refractivity contribution in [3.63, 3.8) is 0 Å². The Morgan fingerprint density at radius 3 is 2.12 bits per heavy atom. The number of aliphatic hydroxyl groups is 4. The van der Waals surface area contributed by atoms with Gasteiger partial charge in [0.15, 0.2) is 6.29 Å². The number of halogens is 3. The fraction of sp³-hybridized carbons (Fsp3) is 0.500. The van der Waals surface area contributed by atoms with Crippen LogP contribution in [-0.2, 0) is 14.3 Å². The lowest BCUT2D eigenvalue weighted by Crippen LogP contribution is -2.64. The molecule has 0 saturated carbocycles. The Balaban J connectivity index is 2.56. The Hall–Kier alpha value is -0.380. The van der Waals surface area contributed by atoms with Crippen LogP contribution in [0.5, 0.6) is 0 Å². The standard InChI is InChI=1S/C18H22I3N3O8/c1-5(26)22-12-9(19)8(10(20)14(11(12)21)24(3)6(2)27)17(30)23-13-16(29)15(28)7(4-25)32-18(13)31/h7,13,15-16,18,25,28-29,31H,4H2,1-3H3,(H,22,26)(H,23,30)/t7-,13+,15+,16+,18-/m1/s1. The Labute approximate surface area is 224 Å². The number of ether oxygens (including phenoxy) is 1. The summed E-state index contributed by atoms with van der Waals surface area (Å²) in [7, 11) is 1.53. The molecule has 3 amide bonds. The van der Waals surface area contributed by atoms with Gasteiger partial charge in [0.2, 0.25) is 11.8 Å². The Morgan fingerprint density at radius 1 is 1.03 bits per heavy atom. The van der Waals surface area contributed by atoms with E-state index in [0.29, 0.717) is 22.1 Å². The lowest BCUT2D eigenvalue weighted by atomic mass is 9.96. The molecule has 1 aromatic carbocycles. The second-order valence-corrected chi connectivity index (χ2v) is 10.3. The molecule has 1 saturated heterocycles. The van der Waals surface area contributed by atoms with Gasteiger partial charge in [-0.15, -0.1) is 0 Å². The summed E-state index contributed by atoms with van der Waals surface area (Å²) in [5.74, 6) is -1.41. The second kappa shape index (κ2) is 11.4. The third-order valence-electron chi connectivity index (χ3n) is 4.83. The van der Waals surface area contributed by atoms with Crippen LogP contribution < -0.4 is 15.5 Å². The van der Waals surface area contributed by atoms with Gasteiger partial charge in [-0.2, -0.15) is 0 Å². The van der Waals surface area contributed by atoms with Crippen LogP contribution in [0.4, 0.5) is 11.4 Å². The summed E-state index contributed by atoms with van der Waals surface area (Å²) in [6.07, 6.45) is -6.07. The largest absolute Gasteiger partial charge is 0.394 e. The van der Waals surface area contributed by atoms with E-state index in [1.807, 2.05) is 67.8 Å². The van der Waals surface area contributed by atoms with Crippen molar-refractivity contribution < 1.29 is 39.5 Å². The first-order chi connectivity index (χ1) is 14.8. The van der Waals surface area contributed by atoms with Crippen LogP contribution in [0.15, 0.2) is 0 Å². The predicted molar refractivity (Wildman–Crippen MR) is 139 cm³/mol. The maximum absolute atomic E-state index is 13.2. The van der Waals surface area contributed by atoms with E-state index in [1.165, 1.54) is 25.8 Å². The SMILES string of the molecule is CC(=O)Nc1c(I)c(C(=O)N[C@H]2[C@H](O)[C@@H](O)[C@@H](CO)O[C@H]2O)c(I)c(N(C)C(C)=O)c1I. The molecule has 5 atom stereocenters. The number of nitrogens with zero attached hydrogens (tertiary/aromatic N) is 1. The number of carbonyl (C=O) groups excluding carboxylic acids is 3. The number of nitrogens with one attached hydrogen (secondary N) is 2. The molecule has 178 valence electrons. The van der Waals surface area contributed by atoms with Gasteiger partial charge in [0.05, 0.1) is 34.3 Å². The zero-order chi connectivity index (χ0) is 24.5. The monoisotopic (exact) mass is 789 g/mol. The van der Waals surface area contributed by atoms with E-state index in [1.54, 1.807) is 0 Å². The lowest BCUT2D eigenvalue weighted by Gasteiger charge is -2.40. The third kappa shape index (κ3) is 5.63. The fourth-order valence-corrected chi connectivity index (χ4v) is 7.71. The number of anilines is 2. The molecule has 6 N–H and O–H groups in total. The van der Waals surface area contributed by atoms with E-state index in [-0.39, 0.29) is 17.4 Å². The van der Waals surface area contributed by atoms with Gasteiger partial charge in [0.1, 0.15) is 24.4 Å². The molecular formula is C18H22I3N3O8. The van der Waals surface area contributed by atoms with Crippen molar-refractivity contribution in [1.29, 1.82) is 0 Å². The fourth-order valence-electron chi connectivity index (χ4n) is 3.06. The first kappa shape index (κ1) is 27.9. The highest BCUT2D eigenvalue weighted by molar-refractivity contribution is 14.1. The van der Waals surface area contributed by atoms with Crippen LogP contribution in [-0.4, -0.2) is 82.4 Å². The van der Waals surface area contributed by atoms with Crippen LogP contribution in [0.2, 0.25) is 0 Å². The van der Waals surface area contributed by atoms with E-state index in [2.05, 4.69) is 10.6 Å². The van der Waals surface area contributed by atoms with E-state index < -0.39 is 43.2 Å². The number of carbonyl (C=O) groups is 3. The van der Waals surface area contributed by atoms with Gasteiger partial charge in [0, 0.05) is 20.9 Å². The van der Waals surface area contributed by atoms with Crippen molar-refractivity contribution >= 4 is 96.9 Å². The molecule has 0 unspecified atom stereocenters. The van der Waals surface area contributed by atoms with Crippen molar-refractivity contribution in [3.05, 3.63) is 16.3 Å². The predicted octanol–water partition coefficient (Wildman–Crippen LogP) is -0.0288. The number of amides is 3. The van der Waals surface area contributed by atoms with E-state index >= 15 is 0 Å². The Kier molecular flexibility index (Phi) is 9.89. The van der Waals surface area contributed by atoms with Gasteiger partial charge in [-0.1, -0.05) is 0 Å². The maximum atomic E-state index is 13.2. The average molecular weight is 789 g/mol. The third-order valence-corrected chi connectivity index (χ3v) is 8.01. The minimum absolute atomic E-state index is 0.0941. The molecule has 0 spiro atoms. The molecule has 32 heavy (non-hydrogen) atoms. The van der Waals surface area contributed by atoms with Crippen LogP contribution in [0.25, 0.3) is 0 Å². The Morgan fingerprint density at radius 2 is 1.62 bits per heavy atom. The summed E-state index contributed by atoms with van der Waals surface area (Å²) < 4.78 is 6.40. The van der Waals surface area contributed by atoms with Crippen LogP contribution in [0.1, 0.15) is 24.2 Å². The first-order valence-corrected chi connectivity index (χ1v) is 12.4. The molecule has 1 aromatic rings. The molecule has 0 radical (unpaired) electrons. The molecular weight excluding hydrogens is 767 g/mol. The quantitative estimate of drug-likeness (QED) is 0.227. The van der Waals surface area contributed by atoms with Crippen molar-refractivity contribution in [2.24, 2.45) is 0 Å². The van der Waals surface area contributed by atoms with E-state index in [9.17, 15) is 34.8 Å². The van der Waals surface area contributed by atoms with Gasteiger partial charge in [-0.05, 0) is 67.8 Å². The first-order valence-electron chi connectivity index (χ1n) is 9.17. The topological polar surface area (TPSA) is 169 Å². The second-order valence-electron chi connectivity index (χ2n) is 7.03. The summed E-state index contributed by atoms with van der Waals surface area (Å²) in [6, 6.07) is -1.40. The molecule has 2 rings (SSSR count). The van der Waals surface area contributed by atoms with Gasteiger partial charge in [0.25, 0.3) is 5.91 Å². The minimum atomic E-state index is -1.69. The summed E-state index contributed by atoms with van der Waals surface area (Å²) >= 11 is 5.78. The number of rotatable bonds is 5. The molecule has 1 aliphatic heterocycles. The molecule has 1 aliphatic rings. The number of aliphatic hydroxyl groups excluding tert-OH is 4. The van der Waals surface area contributed by atoms with Crippen molar-refractivity contribution in [2.75, 3.05) is 23.9 Å². The van der Waals surface area contributed by atoms with Crippen LogP contribution in [0.3, 0.4) is 0 Å². The summed E-state index contributed by atoms with van der Waals surface area (Å²) in [5, 5.41) is 45.0. The zero-order valence-corrected chi connectivity index (χ0v) is 23.6. The molecule has 1 heterocycles. The average Bonchev–Trinajstić information content (AvgIpc) is 2.70. The van der Waals surface area contributed by atoms with Crippen molar-refractivity contribution in [3.8, 4) is 0 Å². The molecule has 14 heteroatoms. The van der Waals surface area contributed by atoms with Crippen molar-refractivity contribution in [2.45, 2.75) is 44.5 Å². The van der Waals surface area contributed by atoms with Crippen molar-refractivity contribution in [1.82, 2.24) is 5.32 Å². The van der Waals surface area contributed by atoms with Gasteiger partial charge in [-0.25, -0.2) is 0 Å². The summed E-state index contributed by atoms with van der Waals surface area (Å²) in [6.45, 7) is 2.03. The Bertz CT molecular complexity index is 931. The van der Waals surface area contributed by atoms with Gasteiger partial charge < -0.3 is 40.7 Å². The molecule has 0 aliphatic carbocycles.